The van der Waals surface area contributed by atoms with E-state index in [1.54, 1.807) is 12.1 Å². The molecule has 2 rings (SSSR count). The van der Waals surface area contributed by atoms with Crippen molar-refractivity contribution in [1.29, 1.82) is 0 Å². The summed E-state index contributed by atoms with van der Waals surface area (Å²) in [6.07, 6.45) is 1.35. The highest BCUT2D eigenvalue weighted by Gasteiger charge is 2.16. The zero-order valence-electron chi connectivity index (χ0n) is 10.4. The van der Waals surface area contributed by atoms with Crippen LogP contribution in [0.4, 0.5) is 15.9 Å². The van der Waals surface area contributed by atoms with Crippen molar-refractivity contribution >= 4 is 39.0 Å². The number of para-hydroxylation sites is 1. The Kier molecular flexibility index (Phi) is 4.37. The van der Waals surface area contributed by atoms with E-state index in [0.717, 1.165) is 5.56 Å². The molecule has 1 N–H and O–H groups in total. The van der Waals surface area contributed by atoms with Crippen LogP contribution in [0.25, 0.3) is 0 Å². The molecular weight excluding hydrogens is 333 g/mol. The van der Waals surface area contributed by atoms with Gasteiger partial charge in [-0.3, -0.25) is 0 Å². The van der Waals surface area contributed by atoms with Crippen LogP contribution < -0.4 is 5.32 Å². The van der Waals surface area contributed by atoms with Gasteiger partial charge in [-0.2, -0.15) is 0 Å². The summed E-state index contributed by atoms with van der Waals surface area (Å²) in [5.41, 5.74) is 1.10. The van der Waals surface area contributed by atoms with Gasteiger partial charge in [0.05, 0.1) is 5.69 Å². The number of nitrogens with zero attached hydrogens (tertiary/aromatic N) is 2. The van der Waals surface area contributed by atoms with Gasteiger partial charge in [-0.05, 0) is 34.0 Å². The van der Waals surface area contributed by atoms with Crippen LogP contribution in [0.3, 0.4) is 0 Å². The van der Waals surface area contributed by atoms with Gasteiger partial charge in [-0.25, -0.2) is 14.4 Å². The van der Waals surface area contributed by atoms with Gasteiger partial charge in [-0.1, -0.05) is 31.5 Å². The third-order valence-electron chi connectivity index (χ3n) is 2.62. The van der Waals surface area contributed by atoms with E-state index in [1.165, 1.54) is 12.4 Å². The molecule has 1 aromatic heterocycles. The molecule has 1 heterocycles. The smallest absolute Gasteiger partial charge is 0.147 e. The highest BCUT2D eigenvalue weighted by Crippen LogP contribution is 2.33. The van der Waals surface area contributed by atoms with Crippen LogP contribution in [0.2, 0.25) is 5.15 Å². The van der Waals surface area contributed by atoms with Gasteiger partial charge >= 0.3 is 0 Å². The van der Waals surface area contributed by atoms with Crippen molar-refractivity contribution in [3.8, 4) is 0 Å². The highest BCUT2D eigenvalue weighted by molar-refractivity contribution is 9.10. The fourth-order valence-corrected chi connectivity index (χ4v) is 2.51. The van der Waals surface area contributed by atoms with Crippen molar-refractivity contribution in [2.24, 2.45) is 0 Å². The Morgan fingerprint density at radius 1 is 1.32 bits per heavy atom. The third-order valence-corrected chi connectivity index (χ3v) is 3.58. The lowest BCUT2D eigenvalue weighted by Gasteiger charge is -2.15. The minimum Gasteiger partial charge on any atom is -0.337 e. The van der Waals surface area contributed by atoms with E-state index in [1.807, 2.05) is 13.8 Å². The Hall–Kier alpha value is -1.20. The van der Waals surface area contributed by atoms with E-state index >= 15 is 0 Å². The second-order valence-electron chi connectivity index (χ2n) is 4.30. The van der Waals surface area contributed by atoms with Gasteiger partial charge in [0.1, 0.15) is 23.1 Å². The third kappa shape index (κ3) is 3.04. The number of anilines is 2. The van der Waals surface area contributed by atoms with Gasteiger partial charge in [0.15, 0.2) is 0 Å². The maximum Gasteiger partial charge on any atom is 0.147 e. The van der Waals surface area contributed by atoms with Gasteiger partial charge < -0.3 is 5.32 Å². The lowest BCUT2D eigenvalue weighted by molar-refractivity contribution is 0.631. The maximum atomic E-state index is 13.8. The van der Waals surface area contributed by atoms with Crippen molar-refractivity contribution in [2.45, 2.75) is 19.8 Å². The maximum absolute atomic E-state index is 13.8. The topological polar surface area (TPSA) is 37.8 Å². The minimum absolute atomic E-state index is 0.127. The van der Waals surface area contributed by atoms with E-state index in [2.05, 4.69) is 31.2 Å². The molecule has 0 aliphatic rings. The van der Waals surface area contributed by atoms with Crippen LogP contribution in [0.15, 0.2) is 29.0 Å². The predicted octanol–water partition coefficient (Wildman–Crippen LogP) is 4.90. The first-order valence-electron chi connectivity index (χ1n) is 5.72. The van der Waals surface area contributed by atoms with Gasteiger partial charge in [0.2, 0.25) is 0 Å². The average Bonchev–Trinajstić information content (AvgIpc) is 2.33. The molecule has 2 aromatic rings. The highest BCUT2D eigenvalue weighted by atomic mass is 79.9. The van der Waals surface area contributed by atoms with E-state index in [0.29, 0.717) is 21.1 Å². The van der Waals surface area contributed by atoms with E-state index in [-0.39, 0.29) is 11.7 Å². The van der Waals surface area contributed by atoms with E-state index in [4.69, 9.17) is 11.6 Å². The fraction of sp³-hybridized carbons (Fsp3) is 0.231. The fourth-order valence-electron chi connectivity index (χ4n) is 1.72. The summed E-state index contributed by atoms with van der Waals surface area (Å²) < 4.78 is 14.4. The van der Waals surface area contributed by atoms with Crippen LogP contribution in [0, 0.1) is 5.82 Å². The first-order chi connectivity index (χ1) is 9.00. The molecule has 0 fully saturated rings. The van der Waals surface area contributed by atoms with Crippen LogP contribution in [0.5, 0.6) is 0 Å². The summed E-state index contributed by atoms with van der Waals surface area (Å²) in [5.74, 6) is 0.279. The van der Waals surface area contributed by atoms with Crippen molar-refractivity contribution < 1.29 is 4.39 Å². The SMILES string of the molecule is CC(C)c1c(Cl)ncnc1Nc1c(F)cccc1Br. The molecule has 0 aliphatic carbocycles. The number of aromatic nitrogens is 2. The molecule has 0 radical (unpaired) electrons. The van der Waals surface area contributed by atoms with Crippen molar-refractivity contribution in [2.75, 3.05) is 5.32 Å². The summed E-state index contributed by atoms with van der Waals surface area (Å²) >= 11 is 9.38. The molecule has 3 nitrogen and oxygen atoms in total. The summed E-state index contributed by atoms with van der Waals surface area (Å²) in [5, 5.41) is 3.35. The zero-order valence-corrected chi connectivity index (χ0v) is 12.8. The zero-order chi connectivity index (χ0) is 14.0. The van der Waals surface area contributed by atoms with E-state index in [9.17, 15) is 4.39 Å². The Morgan fingerprint density at radius 2 is 2.05 bits per heavy atom. The molecule has 0 unspecified atom stereocenters. The molecule has 0 saturated carbocycles. The summed E-state index contributed by atoms with van der Waals surface area (Å²) in [7, 11) is 0. The summed E-state index contributed by atoms with van der Waals surface area (Å²) in [6.45, 7) is 3.96. The van der Waals surface area contributed by atoms with Crippen molar-refractivity contribution in [1.82, 2.24) is 9.97 Å². The molecule has 19 heavy (non-hydrogen) atoms. The lowest BCUT2D eigenvalue weighted by Crippen LogP contribution is -2.04. The molecule has 0 amide bonds. The monoisotopic (exact) mass is 343 g/mol. The number of hydrogen-bond donors (Lipinski definition) is 1. The Labute approximate surface area is 124 Å². The standard InChI is InChI=1S/C13H12BrClFN3/c1-7(2)10-12(15)17-6-18-13(10)19-11-8(14)4-3-5-9(11)16/h3-7H,1-2H3,(H,17,18,19). The van der Waals surface area contributed by atoms with Crippen molar-refractivity contribution in [3.63, 3.8) is 0 Å². The van der Waals surface area contributed by atoms with Crippen LogP contribution in [-0.4, -0.2) is 9.97 Å². The average molecular weight is 345 g/mol. The quantitative estimate of drug-likeness (QED) is 0.805. The normalized spacial score (nSPS) is 10.8. The second kappa shape index (κ2) is 5.84. The molecule has 1 aromatic carbocycles. The molecule has 0 saturated heterocycles. The van der Waals surface area contributed by atoms with Gasteiger partial charge in [-0.15, -0.1) is 0 Å². The minimum atomic E-state index is -0.362. The van der Waals surface area contributed by atoms with Gasteiger partial charge in [0, 0.05) is 10.0 Å². The van der Waals surface area contributed by atoms with Crippen LogP contribution in [-0.2, 0) is 0 Å². The number of hydrogen-bond acceptors (Lipinski definition) is 3. The molecule has 0 spiro atoms. The van der Waals surface area contributed by atoms with Gasteiger partial charge in [0.25, 0.3) is 0 Å². The van der Waals surface area contributed by atoms with Crippen LogP contribution in [0.1, 0.15) is 25.3 Å². The predicted molar refractivity (Wildman–Crippen MR) is 78.5 cm³/mol. The second-order valence-corrected chi connectivity index (χ2v) is 5.52. The lowest BCUT2D eigenvalue weighted by atomic mass is 10.1. The molecule has 100 valence electrons. The Bertz CT molecular complexity index is 584. The number of benzene rings is 1. The number of nitrogens with one attached hydrogen (secondary N) is 1. The Morgan fingerprint density at radius 3 is 2.68 bits per heavy atom. The first kappa shape index (κ1) is 14.2. The summed E-state index contributed by atoms with van der Waals surface area (Å²) in [6, 6.07) is 4.76. The Balaban J connectivity index is 2.47. The molecule has 0 aliphatic heterocycles. The number of halogens is 3. The summed E-state index contributed by atoms with van der Waals surface area (Å²) in [4.78, 5) is 8.10. The molecular formula is C13H12BrClFN3. The van der Waals surface area contributed by atoms with Crippen molar-refractivity contribution in [3.05, 3.63) is 45.5 Å². The largest absolute Gasteiger partial charge is 0.337 e. The molecule has 0 bridgehead atoms. The number of rotatable bonds is 3. The molecule has 6 heteroatoms. The van der Waals surface area contributed by atoms with E-state index < -0.39 is 0 Å². The first-order valence-corrected chi connectivity index (χ1v) is 6.89. The van der Waals surface area contributed by atoms with Crippen LogP contribution >= 0.6 is 27.5 Å². The molecule has 0 atom stereocenters.